The maximum Gasteiger partial charge on any atom is 0.328 e. The average Bonchev–Trinajstić information content (AvgIpc) is 2.91. The number of benzene rings is 2. The molecule has 6 nitrogen and oxygen atoms in total. The van der Waals surface area contributed by atoms with Gasteiger partial charge in [-0.15, -0.1) is 6.58 Å². The molecule has 0 radical (unpaired) electrons. The van der Waals surface area contributed by atoms with E-state index in [4.69, 9.17) is 9.47 Å². The van der Waals surface area contributed by atoms with Crippen molar-refractivity contribution in [2.24, 2.45) is 14.1 Å². The second-order valence-electron chi connectivity index (χ2n) is 6.42. The maximum absolute atomic E-state index is 12.1. The van der Waals surface area contributed by atoms with Crippen molar-refractivity contribution in [2.45, 2.75) is 13.2 Å². The van der Waals surface area contributed by atoms with Gasteiger partial charge in [0.2, 0.25) is 0 Å². The third-order valence-electron chi connectivity index (χ3n) is 4.58. The Morgan fingerprint density at radius 2 is 1.78 bits per heavy atom. The minimum Gasteiger partial charge on any atom is -0.493 e. The van der Waals surface area contributed by atoms with Gasteiger partial charge >= 0.3 is 5.69 Å². The Balaban J connectivity index is 1.76. The Morgan fingerprint density at radius 1 is 1.04 bits per heavy atom. The van der Waals surface area contributed by atoms with Crippen LogP contribution in [0.15, 0.2) is 53.8 Å². The predicted octanol–water partition coefficient (Wildman–Crippen LogP) is 2.74. The molecule has 1 heterocycles. The molecule has 1 aromatic heterocycles. The van der Waals surface area contributed by atoms with E-state index in [0.717, 1.165) is 35.2 Å². The number of fused-ring (bicyclic) bond motifs is 1. The molecule has 27 heavy (non-hydrogen) atoms. The Kier molecular flexibility index (Phi) is 5.66. The summed E-state index contributed by atoms with van der Waals surface area (Å²) in [7, 11) is 5.18. The molecule has 0 amide bonds. The zero-order valence-corrected chi connectivity index (χ0v) is 16.0. The number of hydrogen-bond acceptors (Lipinski definition) is 4. The number of aryl methyl sites for hydroxylation is 2. The van der Waals surface area contributed by atoms with Crippen LogP contribution in [-0.4, -0.2) is 22.8 Å². The van der Waals surface area contributed by atoms with Gasteiger partial charge in [0.1, 0.15) is 6.61 Å². The van der Waals surface area contributed by atoms with Crippen LogP contribution in [0.4, 0.5) is 0 Å². The Labute approximate surface area is 158 Å². The monoisotopic (exact) mass is 367 g/mol. The summed E-state index contributed by atoms with van der Waals surface area (Å²) in [6.45, 7) is 5.58. The molecule has 0 bridgehead atoms. The van der Waals surface area contributed by atoms with Crippen LogP contribution in [0, 0.1) is 0 Å². The first-order valence-corrected chi connectivity index (χ1v) is 8.80. The smallest absolute Gasteiger partial charge is 0.328 e. The Bertz CT molecular complexity index is 1020. The first-order valence-electron chi connectivity index (χ1n) is 8.80. The molecule has 0 aliphatic rings. The molecule has 2 aromatic carbocycles. The summed E-state index contributed by atoms with van der Waals surface area (Å²) in [5, 5.41) is 3.26. The summed E-state index contributed by atoms with van der Waals surface area (Å²) in [5.74, 6) is 1.38. The van der Waals surface area contributed by atoms with Crippen LogP contribution in [0.25, 0.3) is 11.0 Å². The highest BCUT2D eigenvalue weighted by atomic mass is 16.5. The molecule has 142 valence electrons. The van der Waals surface area contributed by atoms with Gasteiger partial charge < -0.3 is 14.8 Å². The lowest BCUT2D eigenvalue weighted by Gasteiger charge is -2.13. The molecule has 3 rings (SSSR count). The third kappa shape index (κ3) is 3.90. The van der Waals surface area contributed by atoms with Crippen LogP contribution >= 0.6 is 0 Å². The van der Waals surface area contributed by atoms with Crippen molar-refractivity contribution >= 4 is 11.0 Å². The quantitative estimate of drug-likeness (QED) is 0.491. The molecule has 1 N–H and O–H groups in total. The zero-order chi connectivity index (χ0) is 19.4. The fourth-order valence-electron chi connectivity index (χ4n) is 3.06. The number of ether oxygens (including phenoxy) is 2. The molecular formula is C21H25N3O3. The highest BCUT2D eigenvalue weighted by Crippen LogP contribution is 2.29. The zero-order valence-electron chi connectivity index (χ0n) is 16.0. The lowest BCUT2D eigenvalue weighted by molar-refractivity contribution is 0.284. The van der Waals surface area contributed by atoms with Crippen molar-refractivity contribution in [3.05, 3.63) is 70.7 Å². The molecule has 6 heteroatoms. The summed E-state index contributed by atoms with van der Waals surface area (Å²) < 4.78 is 14.7. The molecule has 0 unspecified atom stereocenters. The van der Waals surface area contributed by atoms with E-state index in [1.165, 1.54) is 0 Å². The molecule has 0 spiro atoms. The predicted molar refractivity (Wildman–Crippen MR) is 107 cm³/mol. The van der Waals surface area contributed by atoms with Crippen LogP contribution in [0.5, 0.6) is 11.5 Å². The van der Waals surface area contributed by atoms with Crippen LogP contribution in [0.3, 0.4) is 0 Å². The van der Waals surface area contributed by atoms with E-state index in [0.29, 0.717) is 18.1 Å². The molecule has 0 saturated carbocycles. The van der Waals surface area contributed by atoms with E-state index < -0.39 is 0 Å². The molecule has 0 atom stereocenters. The second-order valence-corrected chi connectivity index (χ2v) is 6.42. The van der Waals surface area contributed by atoms with Crippen molar-refractivity contribution in [2.75, 3.05) is 13.7 Å². The summed E-state index contributed by atoms with van der Waals surface area (Å²) in [6, 6.07) is 11.8. The van der Waals surface area contributed by atoms with Crippen molar-refractivity contribution in [1.29, 1.82) is 0 Å². The molecule has 3 aromatic rings. The number of rotatable bonds is 8. The van der Waals surface area contributed by atoms with Crippen LogP contribution in [-0.2, 0) is 27.2 Å². The summed E-state index contributed by atoms with van der Waals surface area (Å²) in [5.41, 5.74) is 3.86. The number of imidazole rings is 1. The van der Waals surface area contributed by atoms with Crippen molar-refractivity contribution in [1.82, 2.24) is 14.5 Å². The average molecular weight is 367 g/mol. The van der Waals surface area contributed by atoms with Gasteiger partial charge in [-0.1, -0.05) is 18.2 Å². The van der Waals surface area contributed by atoms with Gasteiger partial charge in [0.25, 0.3) is 0 Å². The summed E-state index contributed by atoms with van der Waals surface area (Å²) in [6.07, 6.45) is 1.83. The second kappa shape index (κ2) is 8.14. The first kappa shape index (κ1) is 18.8. The van der Waals surface area contributed by atoms with E-state index in [1.807, 2.05) is 42.5 Å². The third-order valence-corrected chi connectivity index (χ3v) is 4.58. The van der Waals surface area contributed by atoms with E-state index in [1.54, 1.807) is 30.3 Å². The summed E-state index contributed by atoms with van der Waals surface area (Å²) >= 11 is 0. The number of hydrogen-bond donors (Lipinski definition) is 1. The lowest BCUT2D eigenvalue weighted by Crippen LogP contribution is -2.19. The highest BCUT2D eigenvalue weighted by Gasteiger charge is 2.10. The van der Waals surface area contributed by atoms with E-state index in [-0.39, 0.29) is 5.69 Å². The van der Waals surface area contributed by atoms with Crippen LogP contribution in [0.2, 0.25) is 0 Å². The highest BCUT2D eigenvalue weighted by molar-refractivity contribution is 5.76. The molecule has 0 aliphatic carbocycles. The standard InChI is InChI=1S/C21H25N3O3/c1-5-10-22-13-15-7-9-19(20(12-15)26-4)27-14-16-6-8-17-18(11-16)24(3)21(25)23(17)2/h5-9,11-12,22H,1,10,13-14H2,2-4H3. The van der Waals surface area contributed by atoms with Gasteiger partial charge in [0.15, 0.2) is 11.5 Å². The fraction of sp³-hybridized carbons (Fsp3) is 0.286. The Hall–Kier alpha value is -2.99. The van der Waals surface area contributed by atoms with Crippen molar-refractivity contribution < 1.29 is 9.47 Å². The minimum absolute atomic E-state index is 0.0367. The molecule has 0 fully saturated rings. The Morgan fingerprint density at radius 3 is 2.52 bits per heavy atom. The SMILES string of the molecule is C=CCNCc1ccc(OCc2ccc3c(c2)n(C)c(=O)n3C)c(OC)c1. The minimum atomic E-state index is -0.0367. The fourth-order valence-corrected chi connectivity index (χ4v) is 3.06. The number of nitrogens with one attached hydrogen (secondary N) is 1. The van der Waals surface area contributed by atoms with Crippen molar-refractivity contribution in [3.63, 3.8) is 0 Å². The van der Waals surface area contributed by atoms with E-state index in [9.17, 15) is 4.79 Å². The van der Waals surface area contributed by atoms with E-state index in [2.05, 4.69) is 11.9 Å². The summed E-state index contributed by atoms with van der Waals surface area (Å²) in [4.78, 5) is 12.1. The van der Waals surface area contributed by atoms with Gasteiger partial charge in [-0.25, -0.2) is 4.79 Å². The molecule has 0 saturated heterocycles. The number of aromatic nitrogens is 2. The van der Waals surface area contributed by atoms with Crippen LogP contribution < -0.4 is 20.5 Å². The topological polar surface area (TPSA) is 57.4 Å². The maximum atomic E-state index is 12.1. The number of methoxy groups -OCH3 is 1. The first-order chi connectivity index (χ1) is 13.0. The van der Waals surface area contributed by atoms with Crippen molar-refractivity contribution in [3.8, 4) is 11.5 Å². The van der Waals surface area contributed by atoms with Gasteiger partial charge in [-0.05, 0) is 35.4 Å². The van der Waals surface area contributed by atoms with Gasteiger partial charge in [-0.3, -0.25) is 9.13 Å². The normalized spacial score (nSPS) is 10.9. The largest absolute Gasteiger partial charge is 0.493 e. The van der Waals surface area contributed by atoms with E-state index >= 15 is 0 Å². The molecule has 0 aliphatic heterocycles. The van der Waals surface area contributed by atoms with Gasteiger partial charge in [0, 0.05) is 27.2 Å². The van der Waals surface area contributed by atoms with Gasteiger partial charge in [0.05, 0.1) is 18.1 Å². The molecular weight excluding hydrogens is 342 g/mol. The van der Waals surface area contributed by atoms with Gasteiger partial charge in [-0.2, -0.15) is 0 Å². The number of nitrogens with zero attached hydrogens (tertiary/aromatic N) is 2. The lowest BCUT2D eigenvalue weighted by atomic mass is 10.2. The van der Waals surface area contributed by atoms with Crippen LogP contribution in [0.1, 0.15) is 11.1 Å².